The molecule has 0 N–H and O–H groups in total. The molecular formula is C12H22INO4S. The minimum Gasteiger partial charge on any atom is -0.748 e. The van der Waals surface area contributed by atoms with E-state index in [2.05, 4.69) is 39.4 Å². The molecule has 1 aliphatic heterocycles. The Morgan fingerprint density at radius 1 is 1.37 bits per heavy atom. The van der Waals surface area contributed by atoms with Gasteiger partial charge in [-0.2, -0.15) is 0 Å². The second-order valence-corrected chi connectivity index (χ2v) is 6.56. The van der Waals surface area contributed by atoms with E-state index in [-0.39, 0.29) is 0 Å². The second-order valence-electron chi connectivity index (χ2n) is 4.61. The van der Waals surface area contributed by atoms with Crippen LogP contribution in [0.3, 0.4) is 0 Å². The van der Waals surface area contributed by atoms with Gasteiger partial charge in [-0.25, -0.2) is 8.42 Å². The summed E-state index contributed by atoms with van der Waals surface area (Å²) in [5, 5.41) is 0. The maximum Gasteiger partial charge on any atom is 0.141 e. The van der Waals surface area contributed by atoms with Crippen molar-refractivity contribution in [3.8, 4) is 9.85 Å². The van der Waals surface area contributed by atoms with Gasteiger partial charge in [0.25, 0.3) is 0 Å². The van der Waals surface area contributed by atoms with E-state index >= 15 is 0 Å². The summed E-state index contributed by atoms with van der Waals surface area (Å²) in [4.78, 5) is 0. The van der Waals surface area contributed by atoms with E-state index in [4.69, 9.17) is 17.7 Å². The Morgan fingerprint density at radius 2 is 1.89 bits per heavy atom. The predicted molar refractivity (Wildman–Crippen MR) is 82.9 cm³/mol. The van der Waals surface area contributed by atoms with Crippen LogP contribution in [0.15, 0.2) is 0 Å². The quantitative estimate of drug-likeness (QED) is 0.306. The van der Waals surface area contributed by atoms with E-state index < -0.39 is 10.1 Å². The number of nitrogens with zero attached hydrogens (tertiary/aromatic N) is 1. The molecule has 0 aromatic rings. The van der Waals surface area contributed by atoms with Gasteiger partial charge in [-0.3, -0.25) is 0 Å². The van der Waals surface area contributed by atoms with Crippen LogP contribution >= 0.6 is 22.6 Å². The van der Waals surface area contributed by atoms with Crippen LogP contribution in [0.2, 0.25) is 0 Å². The zero-order valence-electron chi connectivity index (χ0n) is 11.5. The van der Waals surface area contributed by atoms with E-state index in [1.54, 1.807) is 0 Å². The largest absolute Gasteiger partial charge is 0.748 e. The van der Waals surface area contributed by atoms with Gasteiger partial charge in [-0.05, 0) is 16.3 Å². The minimum atomic E-state index is -3.92. The summed E-state index contributed by atoms with van der Waals surface area (Å²) in [6.45, 7) is 8.63. The zero-order chi connectivity index (χ0) is 14.8. The fourth-order valence-corrected chi connectivity index (χ4v) is 2.05. The Kier molecular flexibility index (Phi) is 10.00. The standard InChI is InChI=1S/C11H19INO.CH4O3S/c1-2-3-6-13(7-4-5-12)8-10-14-11-9-13;1-5(2,3)4/h2-3,6-11H2,1H3;1H3,(H,2,3,4)/q+1;/p-1. The van der Waals surface area contributed by atoms with E-state index in [1.807, 2.05) is 0 Å². The molecule has 0 atom stereocenters. The van der Waals surface area contributed by atoms with Crippen LogP contribution in [-0.4, -0.2) is 63.1 Å². The van der Waals surface area contributed by atoms with Crippen LogP contribution in [0, 0.1) is 9.85 Å². The molecule has 1 heterocycles. The van der Waals surface area contributed by atoms with Crippen molar-refractivity contribution >= 4 is 32.7 Å². The van der Waals surface area contributed by atoms with E-state index in [0.717, 1.165) is 37.3 Å². The number of ether oxygens (including phenoxy) is 1. The Bertz CT molecular complexity index is 386. The SMILES string of the molecule is CCCC[N+]1(CC#CI)CCOCC1.CS(=O)(=O)[O-]. The third-order valence-corrected chi connectivity index (χ3v) is 3.27. The second kappa shape index (κ2) is 9.94. The normalized spacial score (nSPS) is 17.7. The molecule has 0 amide bonds. The summed E-state index contributed by atoms with van der Waals surface area (Å²) >= 11 is 2.13. The van der Waals surface area contributed by atoms with Crippen molar-refractivity contribution in [2.45, 2.75) is 19.8 Å². The maximum absolute atomic E-state index is 9.08. The highest BCUT2D eigenvalue weighted by atomic mass is 127. The van der Waals surface area contributed by atoms with Crippen LogP contribution in [0.1, 0.15) is 19.8 Å². The molecule has 0 spiro atoms. The third kappa shape index (κ3) is 11.6. The summed E-state index contributed by atoms with van der Waals surface area (Å²) in [6, 6.07) is 0. The summed E-state index contributed by atoms with van der Waals surface area (Å²) < 4.78 is 36.8. The van der Waals surface area contributed by atoms with Crippen molar-refractivity contribution in [1.82, 2.24) is 0 Å². The molecule has 7 heteroatoms. The van der Waals surface area contributed by atoms with Crippen molar-refractivity contribution < 1.29 is 22.2 Å². The topological polar surface area (TPSA) is 66.4 Å². The van der Waals surface area contributed by atoms with Crippen molar-refractivity contribution in [2.24, 2.45) is 0 Å². The molecule has 0 saturated carbocycles. The molecule has 0 aromatic heterocycles. The van der Waals surface area contributed by atoms with E-state index in [9.17, 15) is 0 Å². The highest BCUT2D eigenvalue weighted by molar-refractivity contribution is 14.1. The number of hydrogen-bond donors (Lipinski definition) is 0. The lowest BCUT2D eigenvalue weighted by Gasteiger charge is -2.39. The molecule has 19 heavy (non-hydrogen) atoms. The molecule has 0 bridgehead atoms. The molecule has 0 aliphatic carbocycles. The number of unbranched alkanes of at least 4 members (excludes halogenated alkanes) is 1. The number of rotatable bonds is 4. The van der Waals surface area contributed by atoms with Crippen molar-refractivity contribution in [2.75, 3.05) is 45.6 Å². The summed E-state index contributed by atoms with van der Waals surface area (Å²) in [5.74, 6) is 3.22. The van der Waals surface area contributed by atoms with Gasteiger partial charge < -0.3 is 13.8 Å². The Labute approximate surface area is 130 Å². The van der Waals surface area contributed by atoms with Crippen LogP contribution in [0.25, 0.3) is 0 Å². The number of hydrogen-bond acceptors (Lipinski definition) is 4. The lowest BCUT2D eigenvalue weighted by molar-refractivity contribution is -0.928. The highest BCUT2D eigenvalue weighted by Crippen LogP contribution is 2.12. The first-order valence-electron chi connectivity index (χ1n) is 6.25. The molecule has 5 nitrogen and oxygen atoms in total. The van der Waals surface area contributed by atoms with Gasteiger partial charge in [0.1, 0.15) is 19.6 Å². The smallest absolute Gasteiger partial charge is 0.141 e. The molecule has 0 unspecified atom stereocenters. The van der Waals surface area contributed by atoms with E-state index in [0.29, 0.717) is 6.26 Å². The molecule has 1 saturated heterocycles. The van der Waals surface area contributed by atoms with Gasteiger partial charge in [0.2, 0.25) is 0 Å². The maximum atomic E-state index is 9.08. The first-order valence-corrected chi connectivity index (χ1v) is 9.15. The monoisotopic (exact) mass is 403 g/mol. The van der Waals surface area contributed by atoms with Crippen molar-refractivity contribution in [3.05, 3.63) is 0 Å². The molecule has 1 fully saturated rings. The van der Waals surface area contributed by atoms with Crippen LogP contribution < -0.4 is 0 Å². The van der Waals surface area contributed by atoms with Crippen LogP contribution in [0.5, 0.6) is 0 Å². The average Bonchev–Trinajstić information content (AvgIpc) is 2.33. The fourth-order valence-electron chi connectivity index (χ4n) is 1.88. The highest BCUT2D eigenvalue weighted by Gasteiger charge is 2.28. The predicted octanol–water partition coefficient (Wildman–Crippen LogP) is 1.19. The fraction of sp³-hybridized carbons (Fsp3) is 0.833. The van der Waals surface area contributed by atoms with Gasteiger partial charge in [-0.1, -0.05) is 13.3 Å². The average molecular weight is 403 g/mol. The summed E-state index contributed by atoms with van der Waals surface area (Å²) in [7, 11) is -3.92. The van der Waals surface area contributed by atoms with Gasteiger partial charge in [0.05, 0.1) is 29.9 Å². The van der Waals surface area contributed by atoms with Gasteiger partial charge in [0.15, 0.2) is 0 Å². The Hall–Kier alpha value is 0.120. The van der Waals surface area contributed by atoms with Gasteiger partial charge >= 0.3 is 0 Å². The Balaban J connectivity index is 0.000000555. The summed E-state index contributed by atoms with van der Waals surface area (Å²) in [6.07, 6.45) is 3.19. The molecule has 0 radical (unpaired) electrons. The number of morpholine rings is 1. The molecule has 0 aromatic carbocycles. The minimum absolute atomic E-state index is 0.604. The van der Waals surface area contributed by atoms with Crippen molar-refractivity contribution in [1.29, 1.82) is 0 Å². The zero-order valence-corrected chi connectivity index (χ0v) is 14.5. The Morgan fingerprint density at radius 3 is 2.32 bits per heavy atom. The first-order chi connectivity index (χ1) is 8.83. The van der Waals surface area contributed by atoms with E-state index in [1.165, 1.54) is 19.4 Å². The number of halogens is 1. The number of quaternary nitrogens is 1. The lowest BCUT2D eigenvalue weighted by atomic mass is 10.2. The van der Waals surface area contributed by atoms with Crippen LogP contribution in [-0.2, 0) is 14.9 Å². The molecular weight excluding hydrogens is 381 g/mol. The third-order valence-electron chi connectivity index (χ3n) is 2.89. The lowest BCUT2D eigenvalue weighted by Crippen LogP contribution is -2.55. The molecule has 112 valence electrons. The summed E-state index contributed by atoms with van der Waals surface area (Å²) in [5.41, 5.74) is 0. The van der Waals surface area contributed by atoms with Crippen molar-refractivity contribution in [3.63, 3.8) is 0 Å². The molecule has 1 rings (SSSR count). The molecule has 1 aliphatic rings. The first kappa shape index (κ1) is 19.1. The van der Waals surface area contributed by atoms with Gasteiger partial charge in [0, 0.05) is 28.8 Å². The van der Waals surface area contributed by atoms with Crippen LogP contribution in [0.4, 0.5) is 0 Å². The van der Waals surface area contributed by atoms with Gasteiger partial charge in [-0.15, -0.1) is 0 Å².